The zero-order valence-corrected chi connectivity index (χ0v) is 50.3. The molecule has 0 saturated carbocycles. The zero-order chi connectivity index (χ0) is 59.6. The summed E-state index contributed by atoms with van der Waals surface area (Å²) < 4.78 is 20.3. The van der Waals surface area contributed by atoms with Gasteiger partial charge in [0.25, 0.3) is 0 Å². The molecule has 22 aromatic rings. The molecule has 0 aliphatic heterocycles. The highest BCUT2D eigenvalue weighted by molar-refractivity contribution is 9.10. The highest BCUT2D eigenvalue weighted by atomic mass is 79.9. The number of aromatic nitrogens is 4. The molecular formula is C85H53BrN4O2. The number of nitrogens with zero attached hydrogens (tertiary/aromatic N) is 3. The zero-order valence-electron chi connectivity index (χ0n) is 48.7. The first-order valence-corrected chi connectivity index (χ1v) is 31.7. The van der Waals surface area contributed by atoms with Gasteiger partial charge in [-0.15, -0.1) is 0 Å². The molecule has 6 nitrogen and oxygen atoms in total. The van der Waals surface area contributed by atoms with Crippen LogP contribution in [0.4, 0.5) is 0 Å². The molecule has 432 valence electrons. The van der Waals surface area contributed by atoms with Gasteiger partial charge in [-0.25, -0.2) is 0 Å². The number of furan rings is 2. The molecule has 0 unspecified atom stereocenters. The van der Waals surface area contributed by atoms with Gasteiger partial charge in [-0.1, -0.05) is 181 Å². The number of hydrogen-bond donors (Lipinski definition) is 1. The van der Waals surface area contributed by atoms with E-state index in [4.69, 9.17) is 8.83 Å². The van der Waals surface area contributed by atoms with Gasteiger partial charge in [0.15, 0.2) is 0 Å². The quantitative estimate of drug-likeness (QED) is 0.192. The van der Waals surface area contributed by atoms with Crippen LogP contribution in [0.3, 0.4) is 0 Å². The van der Waals surface area contributed by atoms with Crippen molar-refractivity contribution in [3.8, 4) is 27.9 Å². The topological polar surface area (TPSA) is 55.8 Å². The molecule has 22 rings (SSSR count). The highest BCUT2D eigenvalue weighted by Crippen LogP contribution is 2.46. The van der Waals surface area contributed by atoms with Crippen LogP contribution in [0.2, 0.25) is 0 Å². The summed E-state index contributed by atoms with van der Waals surface area (Å²) in [6.07, 6.45) is 0. The van der Waals surface area contributed by atoms with Crippen LogP contribution in [0.15, 0.2) is 304 Å². The third-order valence-corrected chi connectivity index (χ3v) is 19.7. The normalized spacial score (nSPS) is 12.1. The Morgan fingerprint density at radius 3 is 1.15 bits per heavy atom. The fourth-order valence-corrected chi connectivity index (χ4v) is 15.6. The Labute approximate surface area is 534 Å². The minimum absolute atomic E-state index is 0. The average molecular weight is 1240 g/mol. The molecule has 92 heavy (non-hydrogen) atoms. The van der Waals surface area contributed by atoms with Crippen LogP contribution in [0.25, 0.3) is 192 Å². The fraction of sp³-hybridized carbons (Fsp3) is 0.0118. The number of para-hydroxylation sites is 8. The molecular weight excluding hydrogens is 1190 g/mol. The lowest BCUT2D eigenvalue weighted by Crippen LogP contribution is -1.93. The lowest BCUT2D eigenvalue weighted by molar-refractivity contribution is 0.668. The fourth-order valence-electron chi connectivity index (χ4n) is 15.2. The van der Waals surface area contributed by atoms with Crippen molar-refractivity contribution in [1.82, 2.24) is 18.4 Å². The van der Waals surface area contributed by atoms with Crippen molar-refractivity contribution in [3.63, 3.8) is 0 Å². The molecule has 0 atom stereocenters. The molecule has 14 aromatic carbocycles. The maximum atomic E-state index is 6.29. The van der Waals surface area contributed by atoms with Crippen molar-refractivity contribution in [1.29, 1.82) is 0 Å². The van der Waals surface area contributed by atoms with Crippen molar-refractivity contribution in [2.24, 2.45) is 0 Å². The maximum Gasteiger partial charge on any atom is 0.137 e. The summed E-state index contributed by atoms with van der Waals surface area (Å²) in [6, 6.07) is 105. The van der Waals surface area contributed by atoms with Crippen molar-refractivity contribution in [2.75, 3.05) is 0 Å². The number of H-pyrrole nitrogens is 1. The van der Waals surface area contributed by atoms with Crippen LogP contribution in [-0.4, -0.2) is 18.4 Å². The maximum absolute atomic E-state index is 6.29. The van der Waals surface area contributed by atoms with Gasteiger partial charge in [-0.05, 0) is 150 Å². The summed E-state index contributed by atoms with van der Waals surface area (Å²) >= 11 is 3.43. The predicted octanol–water partition coefficient (Wildman–Crippen LogP) is 24.6. The van der Waals surface area contributed by atoms with E-state index in [1.807, 2.05) is 42.5 Å². The van der Waals surface area contributed by atoms with E-state index in [1.54, 1.807) is 0 Å². The largest absolute Gasteiger partial charge is 0.456 e. The number of hydrogen-bond acceptors (Lipinski definition) is 2. The Kier molecular flexibility index (Phi) is 11.3. The number of fused-ring (bicyclic) bond motifs is 24. The molecule has 0 radical (unpaired) electrons. The van der Waals surface area contributed by atoms with Crippen LogP contribution in [-0.2, 0) is 0 Å². The summed E-state index contributed by atoms with van der Waals surface area (Å²) in [4.78, 5) is 3.55. The van der Waals surface area contributed by atoms with Gasteiger partial charge in [0.05, 0.1) is 44.1 Å². The van der Waals surface area contributed by atoms with Crippen molar-refractivity contribution >= 4 is 180 Å². The molecule has 1 N–H and O–H groups in total. The summed E-state index contributed by atoms with van der Waals surface area (Å²) in [5.74, 6) is 0. The molecule has 0 aliphatic rings. The monoisotopic (exact) mass is 1240 g/mol. The van der Waals surface area contributed by atoms with Gasteiger partial charge < -0.3 is 27.2 Å². The smallest absolute Gasteiger partial charge is 0.137 e. The standard InChI is InChI=1S/C42H24N2O.C30H18N2.C12H7BrO.CH4/c1-5-13-36-28(9-1)33-21-25(17-20-39(33)43(36)27-18-19-32-31-12-4-8-16-40(31)45-41(32)24-27)26-22-34-29-10-2-6-14-37(29)44-38-15-7-3-11-30(38)35(23-26)42(34)44;1-4-10-26-20(7-1)23-15-18(13-14-27(23)31-26)19-16-24-21-8-2-5-11-28(21)32-29-12-6-3-9-22(29)25(17-19)30(24)32;13-8-5-6-10-9-3-1-2-4-11(9)14-12(10)7-8;/h1-24H;1-17,31H;1-7H;1H4. The van der Waals surface area contributed by atoms with Crippen molar-refractivity contribution in [2.45, 2.75) is 7.43 Å². The number of benzene rings is 14. The SMILES string of the molecule is Brc1ccc2c(c1)oc1ccccc12.C.c1ccc2c(c1)[nH]c1ccc(-c3cc4c5ccccc5n5c6ccccc6c(c3)c45)cc12.c1ccc2c(c1)oc1cc(-n3c4ccccc4c4cc(-c5cc6c7ccccc7n7c8ccccc8c(c5)c67)ccc43)ccc12. The van der Waals surface area contributed by atoms with Gasteiger partial charge in [0.2, 0.25) is 0 Å². The molecule has 0 saturated heterocycles. The number of nitrogens with one attached hydrogen (secondary N) is 1. The van der Waals surface area contributed by atoms with Gasteiger partial charge in [0.1, 0.15) is 22.3 Å². The van der Waals surface area contributed by atoms with Gasteiger partial charge in [0, 0.05) is 113 Å². The second-order valence-electron chi connectivity index (χ2n) is 24.1. The van der Waals surface area contributed by atoms with E-state index in [-0.39, 0.29) is 7.43 Å². The van der Waals surface area contributed by atoms with E-state index in [9.17, 15) is 0 Å². The third kappa shape index (κ3) is 7.60. The molecule has 0 aliphatic carbocycles. The number of rotatable bonds is 3. The number of halogens is 1. The lowest BCUT2D eigenvalue weighted by Gasteiger charge is -2.09. The molecule has 0 amide bonds. The molecule has 0 fully saturated rings. The van der Waals surface area contributed by atoms with Crippen molar-refractivity contribution in [3.05, 3.63) is 296 Å². The summed E-state index contributed by atoms with van der Waals surface area (Å²) in [7, 11) is 0. The van der Waals surface area contributed by atoms with E-state index in [1.165, 1.54) is 153 Å². The Hall–Kier alpha value is -11.6. The molecule has 8 heterocycles. The third-order valence-electron chi connectivity index (χ3n) is 19.2. The lowest BCUT2D eigenvalue weighted by atomic mass is 9.98. The first-order chi connectivity index (χ1) is 45.0. The Morgan fingerprint density at radius 2 is 0.620 bits per heavy atom. The molecule has 0 spiro atoms. The van der Waals surface area contributed by atoms with Gasteiger partial charge >= 0.3 is 0 Å². The minimum Gasteiger partial charge on any atom is -0.456 e. The van der Waals surface area contributed by atoms with Gasteiger partial charge in [-0.2, -0.15) is 0 Å². The number of aromatic amines is 1. The van der Waals surface area contributed by atoms with Crippen molar-refractivity contribution < 1.29 is 8.83 Å². The molecule has 7 heteroatoms. The summed E-state index contributed by atoms with van der Waals surface area (Å²) in [6.45, 7) is 0. The average Bonchev–Trinajstić information content (AvgIpc) is 1.55. The van der Waals surface area contributed by atoms with E-state index in [0.717, 1.165) is 43.3 Å². The van der Waals surface area contributed by atoms with Crippen LogP contribution < -0.4 is 0 Å². The van der Waals surface area contributed by atoms with Gasteiger partial charge in [-0.3, -0.25) is 0 Å². The summed E-state index contributed by atoms with van der Waals surface area (Å²) in [5, 5.41) is 20.1. The Balaban J connectivity index is 0.000000111. The van der Waals surface area contributed by atoms with Crippen LogP contribution >= 0.6 is 15.9 Å². The Bertz CT molecular complexity index is 6580. The first-order valence-electron chi connectivity index (χ1n) is 30.9. The minimum atomic E-state index is 0. The van der Waals surface area contributed by atoms with E-state index in [2.05, 4.69) is 283 Å². The Morgan fingerprint density at radius 1 is 0.250 bits per heavy atom. The summed E-state index contributed by atoms with van der Waals surface area (Å²) in [5.41, 5.74) is 22.2. The highest BCUT2D eigenvalue weighted by Gasteiger charge is 2.22. The first kappa shape index (κ1) is 52.3. The molecule has 8 aromatic heterocycles. The van der Waals surface area contributed by atoms with E-state index < -0.39 is 0 Å². The van der Waals surface area contributed by atoms with Crippen LogP contribution in [0, 0.1) is 0 Å². The molecule has 0 bridgehead atoms. The second kappa shape index (κ2) is 19.9. The van der Waals surface area contributed by atoms with E-state index >= 15 is 0 Å². The van der Waals surface area contributed by atoms with E-state index in [0.29, 0.717) is 0 Å². The second-order valence-corrected chi connectivity index (χ2v) is 25.0. The van der Waals surface area contributed by atoms with Crippen LogP contribution in [0.5, 0.6) is 0 Å². The predicted molar refractivity (Wildman–Crippen MR) is 392 cm³/mol. The van der Waals surface area contributed by atoms with Crippen LogP contribution in [0.1, 0.15) is 7.43 Å².